The van der Waals surface area contributed by atoms with Gasteiger partial charge in [0.05, 0.1) is 16.8 Å². The highest BCUT2D eigenvalue weighted by molar-refractivity contribution is 6.33. The van der Waals surface area contributed by atoms with Crippen LogP contribution in [0.1, 0.15) is 44.2 Å². The number of halogens is 1. The van der Waals surface area contributed by atoms with Crippen LogP contribution in [0.25, 0.3) is 0 Å². The minimum atomic E-state index is 0.322. The van der Waals surface area contributed by atoms with Gasteiger partial charge in [-0.1, -0.05) is 80.3 Å². The second-order valence-corrected chi connectivity index (χ2v) is 5.49. The van der Waals surface area contributed by atoms with Crippen LogP contribution in [-0.4, -0.2) is 0 Å². The average molecular weight is 288 g/mol. The molecule has 2 rings (SSSR count). The lowest BCUT2D eigenvalue weighted by Crippen LogP contribution is -2.11. The lowest BCUT2D eigenvalue weighted by atomic mass is 10.00. The number of hydrogen-bond acceptors (Lipinski definition) is 1. The minimum Gasteiger partial charge on any atom is -0.377 e. The Hall–Kier alpha value is -1.47. The maximum absolute atomic E-state index is 6.25. The van der Waals surface area contributed by atoms with Crippen LogP contribution in [0.4, 0.5) is 5.69 Å². The van der Waals surface area contributed by atoms with Crippen molar-refractivity contribution in [3.8, 4) is 0 Å². The predicted octanol–water partition coefficient (Wildman–Crippen LogP) is 6.07. The van der Waals surface area contributed by atoms with Crippen molar-refractivity contribution in [1.82, 2.24) is 0 Å². The number of rotatable bonds is 7. The smallest absolute Gasteiger partial charge is 0.0637 e. The molecule has 2 aromatic carbocycles. The van der Waals surface area contributed by atoms with Gasteiger partial charge in [0.15, 0.2) is 0 Å². The summed E-state index contributed by atoms with van der Waals surface area (Å²) in [6.45, 7) is 2.24. The van der Waals surface area contributed by atoms with Crippen molar-refractivity contribution in [3.63, 3.8) is 0 Å². The van der Waals surface area contributed by atoms with E-state index in [2.05, 4.69) is 42.6 Å². The summed E-state index contributed by atoms with van der Waals surface area (Å²) in [6.07, 6.45) is 4.87. The summed E-state index contributed by atoms with van der Waals surface area (Å²) in [5, 5.41) is 4.37. The minimum absolute atomic E-state index is 0.322. The van der Waals surface area contributed by atoms with E-state index in [1.54, 1.807) is 0 Å². The van der Waals surface area contributed by atoms with E-state index in [0.717, 1.165) is 17.1 Å². The van der Waals surface area contributed by atoms with Crippen LogP contribution in [-0.2, 0) is 0 Å². The summed E-state index contributed by atoms with van der Waals surface area (Å²) in [6, 6.07) is 18.9. The molecule has 2 aromatic rings. The van der Waals surface area contributed by atoms with Crippen molar-refractivity contribution in [2.75, 3.05) is 5.32 Å². The monoisotopic (exact) mass is 287 g/mol. The van der Waals surface area contributed by atoms with E-state index in [4.69, 9.17) is 11.6 Å². The Balaban J connectivity index is 2.12. The Kier molecular flexibility index (Phi) is 5.94. The molecule has 0 heterocycles. The number of anilines is 1. The Labute approximate surface area is 127 Å². The maximum atomic E-state index is 6.25. The lowest BCUT2D eigenvalue weighted by Gasteiger charge is -2.21. The fourth-order valence-electron chi connectivity index (χ4n) is 2.37. The molecule has 1 nitrogen and oxygen atoms in total. The fourth-order valence-corrected chi connectivity index (χ4v) is 2.56. The summed E-state index contributed by atoms with van der Waals surface area (Å²) in [7, 11) is 0. The molecule has 0 bridgehead atoms. The topological polar surface area (TPSA) is 12.0 Å². The van der Waals surface area contributed by atoms with Crippen LogP contribution in [0.3, 0.4) is 0 Å². The maximum Gasteiger partial charge on any atom is 0.0637 e. The lowest BCUT2D eigenvalue weighted by molar-refractivity contribution is 0.606. The molecule has 20 heavy (non-hydrogen) atoms. The molecule has 0 amide bonds. The van der Waals surface area contributed by atoms with E-state index in [1.807, 2.05) is 24.3 Å². The molecule has 1 N–H and O–H groups in total. The second kappa shape index (κ2) is 7.96. The first kappa shape index (κ1) is 14.9. The van der Waals surface area contributed by atoms with Gasteiger partial charge < -0.3 is 5.32 Å². The van der Waals surface area contributed by atoms with Gasteiger partial charge in [0.1, 0.15) is 0 Å². The van der Waals surface area contributed by atoms with Crippen LogP contribution in [0.2, 0.25) is 5.02 Å². The van der Waals surface area contributed by atoms with Gasteiger partial charge in [-0.15, -0.1) is 0 Å². The Morgan fingerprint density at radius 1 is 0.950 bits per heavy atom. The quantitative estimate of drug-likeness (QED) is 0.609. The van der Waals surface area contributed by atoms with Crippen molar-refractivity contribution < 1.29 is 0 Å². The Morgan fingerprint density at radius 2 is 1.65 bits per heavy atom. The van der Waals surface area contributed by atoms with Gasteiger partial charge in [-0.2, -0.15) is 0 Å². The van der Waals surface area contributed by atoms with Crippen LogP contribution < -0.4 is 5.32 Å². The van der Waals surface area contributed by atoms with Gasteiger partial charge in [-0.05, 0) is 24.1 Å². The SMILES string of the molecule is CCCCCC(Nc1ccccc1Cl)c1ccccc1. The molecule has 0 aliphatic rings. The van der Waals surface area contributed by atoms with Gasteiger partial charge in [0.2, 0.25) is 0 Å². The number of unbranched alkanes of at least 4 members (excludes halogenated alkanes) is 2. The average Bonchev–Trinajstić information content (AvgIpc) is 2.49. The highest BCUT2D eigenvalue weighted by atomic mass is 35.5. The highest BCUT2D eigenvalue weighted by Crippen LogP contribution is 2.29. The summed E-state index contributed by atoms with van der Waals surface area (Å²) in [5.41, 5.74) is 2.34. The zero-order valence-electron chi connectivity index (χ0n) is 12.0. The molecule has 0 saturated heterocycles. The first-order chi connectivity index (χ1) is 9.81. The van der Waals surface area contributed by atoms with E-state index in [9.17, 15) is 0 Å². The van der Waals surface area contributed by atoms with E-state index in [0.29, 0.717) is 6.04 Å². The molecule has 0 aliphatic carbocycles. The van der Waals surface area contributed by atoms with E-state index >= 15 is 0 Å². The van der Waals surface area contributed by atoms with Crippen LogP contribution >= 0.6 is 11.6 Å². The van der Waals surface area contributed by atoms with Gasteiger partial charge in [0, 0.05) is 0 Å². The van der Waals surface area contributed by atoms with Gasteiger partial charge in [-0.25, -0.2) is 0 Å². The molecule has 1 atom stereocenters. The molecular formula is C18H22ClN. The van der Waals surface area contributed by atoms with Crippen molar-refractivity contribution in [1.29, 1.82) is 0 Å². The zero-order valence-corrected chi connectivity index (χ0v) is 12.7. The van der Waals surface area contributed by atoms with Crippen molar-refractivity contribution in [2.45, 2.75) is 38.6 Å². The third kappa shape index (κ3) is 4.28. The first-order valence-corrected chi connectivity index (χ1v) is 7.75. The van der Waals surface area contributed by atoms with Crippen molar-refractivity contribution in [2.24, 2.45) is 0 Å². The number of benzene rings is 2. The first-order valence-electron chi connectivity index (χ1n) is 7.37. The molecule has 0 aliphatic heterocycles. The number of para-hydroxylation sites is 1. The van der Waals surface area contributed by atoms with E-state index < -0.39 is 0 Å². The molecular weight excluding hydrogens is 266 g/mol. The predicted molar refractivity (Wildman–Crippen MR) is 88.4 cm³/mol. The summed E-state index contributed by atoms with van der Waals surface area (Å²) in [4.78, 5) is 0. The summed E-state index contributed by atoms with van der Waals surface area (Å²) in [5.74, 6) is 0. The Morgan fingerprint density at radius 3 is 2.35 bits per heavy atom. The fraction of sp³-hybridized carbons (Fsp3) is 0.333. The van der Waals surface area contributed by atoms with Crippen molar-refractivity contribution in [3.05, 3.63) is 65.2 Å². The summed E-state index contributed by atoms with van der Waals surface area (Å²) >= 11 is 6.25. The number of hydrogen-bond donors (Lipinski definition) is 1. The molecule has 0 aromatic heterocycles. The van der Waals surface area contributed by atoms with E-state index in [-0.39, 0.29) is 0 Å². The molecule has 0 spiro atoms. The van der Waals surface area contributed by atoms with Crippen LogP contribution in [0.5, 0.6) is 0 Å². The molecule has 1 unspecified atom stereocenters. The third-order valence-electron chi connectivity index (χ3n) is 3.50. The Bertz CT molecular complexity index is 510. The zero-order chi connectivity index (χ0) is 14.2. The molecule has 0 fully saturated rings. The molecule has 0 radical (unpaired) electrons. The molecule has 106 valence electrons. The van der Waals surface area contributed by atoms with Gasteiger partial charge >= 0.3 is 0 Å². The van der Waals surface area contributed by atoms with Crippen molar-refractivity contribution >= 4 is 17.3 Å². The number of nitrogens with one attached hydrogen (secondary N) is 1. The molecule has 2 heteroatoms. The standard InChI is InChI=1S/C18H22ClN/c1-2-3-5-13-17(15-10-6-4-7-11-15)20-18-14-9-8-12-16(18)19/h4,6-12,14,17,20H,2-3,5,13H2,1H3. The van der Waals surface area contributed by atoms with Gasteiger partial charge in [0.25, 0.3) is 0 Å². The van der Waals surface area contributed by atoms with Crippen LogP contribution in [0.15, 0.2) is 54.6 Å². The van der Waals surface area contributed by atoms with Gasteiger partial charge in [-0.3, -0.25) is 0 Å². The summed E-state index contributed by atoms with van der Waals surface area (Å²) < 4.78 is 0. The largest absolute Gasteiger partial charge is 0.377 e. The second-order valence-electron chi connectivity index (χ2n) is 5.08. The molecule has 0 saturated carbocycles. The normalized spacial score (nSPS) is 12.1. The highest BCUT2D eigenvalue weighted by Gasteiger charge is 2.12. The van der Waals surface area contributed by atoms with Crippen LogP contribution in [0, 0.1) is 0 Å². The van der Waals surface area contributed by atoms with E-state index in [1.165, 1.54) is 24.8 Å². The third-order valence-corrected chi connectivity index (χ3v) is 3.83.